The van der Waals surface area contributed by atoms with E-state index >= 15 is 0 Å². The maximum Gasteiger partial charge on any atom is 0.0950 e. The van der Waals surface area contributed by atoms with Gasteiger partial charge in [-0.05, 0) is 50.5 Å². The van der Waals surface area contributed by atoms with Crippen molar-refractivity contribution in [3.63, 3.8) is 0 Å². The van der Waals surface area contributed by atoms with Crippen LogP contribution in [0.3, 0.4) is 0 Å². The maximum atomic E-state index is 5.66. The van der Waals surface area contributed by atoms with Crippen molar-refractivity contribution in [3.8, 4) is 0 Å². The van der Waals surface area contributed by atoms with Gasteiger partial charge in [-0.1, -0.05) is 6.42 Å². The fourth-order valence-corrected chi connectivity index (χ4v) is 4.13. The summed E-state index contributed by atoms with van der Waals surface area (Å²) >= 11 is 0. The Balaban J connectivity index is 1.77. The van der Waals surface area contributed by atoms with Crippen molar-refractivity contribution < 1.29 is 0 Å². The molecule has 4 unspecified atom stereocenters. The topological polar surface area (TPSA) is 43.8 Å². The molecule has 0 saturated heterocycles. The van der Waals surface area contributed by atoms with Crippen molar-refractivity contribution in [3.05, 3.63) is 18.2 Å². The molecule has 1 aromatic heterocycles. The summed E-state index contributed by atoms with van der Waals surface area (Å²) in [7, 11) is 0. The molecule has 94 valence electrons. The highest BCUT2D eigenvalue weighted by molar-refractivity contribution is 5.03. The SMILES string of the molecule is CC(C1CC2CCC1C2)n1cncc1CCN. The van der Waals surface area contributed by atoms with Crippen molar-refractivity contribution in [1.82, 2.24) is 9.55 Å². The van der Waals surface area contributed by atoms with Crippen LogP contribution in [0.5, 0.6) is 0 Å². The van der Waals surface area contributed by atoms with Crippen LogP contribution >= 0.6 is 0 Å². The molecule has 3 heteroatoms. The summed E-state index contributed by atoms with van der Waals surface area (Å²) in [6.07, 6.45) is 10.8. The molecule has 3 rings (SSSR count). The second-order valence-corrected chi connectivity index (χ2v) is 5.91. The third-order valence-electron chi connectivity index (χ3n) is 5.00. The molecule has 2 saturated carbocycles. The average molecular weight is 233 g/mol. The predicted octanol–water partition coefficient (Wildman–Crippen LogP) is 2.38. The van der Waals surface area contributed by atoms with Gasteiger partial charge in [0.1, 0.15) is 0 Å². The van der Waals surface area contributed by atoms with Gasteiger partial charge in [0.25, 0.3) is 0 Å². The lowest BCUT2D eigenvalue weighted by atomic mass is 9.84. The van der Waals surface area contributed by atoms with E-state index < -0.39 is 0 Å². The van der Waals surface area contributed by atoms with Crippen LogP contribution in [0.4, 0.5) is 0 Å². The van der Waals surface area contributed by atoms with E-state index in [1.54, 1.807) is 0 Å². The molecular weight excluding hydrogens is 210 g/mol. The van der Waals surface area contributed by atoms with E-state index in [2.05, 4.69) is 16.5 Å². The Morgan fingerprint density at radius 1 is 1.47 bits per heavy atom. The summed E-state index contributed by atoms with van der Waals surface area (Å²) in [5.74, 6) is 2.87. The monoisotopic (exact) mass is 233 g/mol. The van der Waals surface area contributed by atoms with Gasteiger partial charge in [-0.15, -0.1) is 0 Å². The lowest BCUT2D eigenvalue weighted by Crippen LogP contribution is -2.23. The van der Waals surface area contributed by atoms with E-state index in [0.29, 0.717) is 6.04 Å². The molecule has 17 heavy (non-hydrogen) atoms. The second-order valence-electron chi connectivity index (χ2n) is 5.91. The van der Waals surface area contributed by atoms with Gasteiger partial charge >= 0.3 is 0 Å². The molecule has 0 aromatic carbocycles. The third kappa shape index (κ3) is 1.90. The largest absolute Gasteiger partial charge is 0.331 e. The second kappa shape index (κ2) is 4.45. The minimum absolute atomic E-state index is 0.606. The van der Waals surface area contributed by atoms with Crippen LogP contribution in [0.15, 0.2) is 12.5 Å². The van der Waals surface area contributed by atoms with E-state index in [1.807, 2.05) is 12.5 Å². The van der Waals surface area contributed by atoms with E-state index in [1.165, 1.54) is 31.4 Å². The van der Waals surface area contributed by atoms with Crippen molar-refractivity contribution in [1.29, 1.82) is 0 Å². The molecule has 2 N–H and O–H groups in total. The Morgan fingerprint density at radius 2 is 2.35 bits per heavy atom. The zero-order chi connectivity index (χ0) is 11.8. The summed E-state index contributed by atoms with van der Waals surface area (Å²) in [6, 6.07) is 0.606. The average Bonchev–Trinajstić information content (AvgIpc) is 3.03. The van der Waals surface area contributed by atoms with Crippen LogP contribution in [-0.2, 0) is 6.42 Å². The fourth-order valence-electron chi connectivity index (χ4n) is 4.13. The summed E-state index contributed by atoms with van der Waals surface area (Å²) in [4.78, 5) is 4.30. The number of fused-ring (bicyclic) bond motifs is 2. The zero-order valence-electron chi connectivity index (χ0n) is 10.7. The first-order valence-electron chi connectivity index (χ1n) is 7.00. The smallest absolute Gasteiger partial charge is 0.0950 e. The van der Waals surface area contributed by atoms with Crippen molar-refractivity contribution in [2.45, 2.75) is 45.1 Å². The molecule has 2 fully saturated rings. The van der Waals surface area contributed by atoms with Gasteiger partial charge in [-0.2, -0.15) is 0 Å². The highest BCUT2D eigenvalue weighted by Crippen LogP contribution is 2.52. The normalized spacial score (nSPS) is 33.2. The van der Waals surface area contributed by atoms with Gasteiger partial charge in [0.2, 0.25) is 0 Å². The molecule has 2 bridgehead atoms. The van der Waals surface area contributed by atoms with Crippen molar-refractivity contribution in [2.75, 3.05) is 6.54 Å². The van der Waals surface area contributed by atoms with Gasteiger partial charge in [0.15, 0.2) is 0 Å². The maximum absolute atomic E-state index is 5.66. The zero-order valence-corrected chi connectivity index (χ0v) is 10.7. The van der Waals surface area contributed by atoms with Crippen LogP contribution in [0.2, 0.25) is 0 Å². The standard InChI is InChI=1S/C14H23N3/c1-10(14-7-11-2-3-12(14)6-11)17-9-16-8-13(17)4-5-15/h8-12,14H,2-7,15H2,1H3. The predicted molar refractivity (Wildman–Crippen MR) is 68.6 cm³/mol. The molecule has 1 heterocycles. The van der Waals surface area contributed by atoms with E-state index in [9.17, 15) is 0 Å². The molecule has 0 aliphatic heterocycles. The van der Waals surface area contributed by atoms with Crippen LogP contribution in [-0.4, -0.2) is 16.1 Å². The molecule has 0 amide bonds. The minimum Gasteiger partial charge on any atom is -0.331 e. The fraction of sp³-hybridized carbons (Fsp3) is 0.786. The first kappa shape index (κ1) is 11.3. The summed E-state index contributed by atoms with van der Waals surface area (Å²) in [5, 5.41) is 0. The number of hydrogen-bond donors (Lipinski definition) is 1. The summed E-state index contributed by atoms with van der Waals surface area (Å²) in [5.41, 5.74) is 6.97. The number of imidazole rings is 1. The van der Waals surface area contributed by atoms with Crippen LogP contribution in [0.1, 0.15) is 44.3 Å². The van der Waals surface area contributed by atoms with Gasteiger partial charge in [0, 0.05) is 24.4 Å². The number of nitrogens with two attached hydrogens (primary N) is 1. The molecule has 0 radical (unpaired) electrons. The van der Waals surface area contributed by atoms with Gasteiger partial charge < -0.3 is 10.3 Å². The Kier molecular flexibility index (Phi) is 2.95. The first-order chi connectivity index (χ1) is 8.29. The van der Waals surface area contributed by atoms with E-state index in [4.69, 9.17) is 5.73 Å². The van der Waals surface area contributed by atoms with Crippen LogP contribution < -0.4 is 5.73 Å². The molecular formula is C14H23N3. The van der Waals surface area contributed by atoms with Gasteiger partial charge in [0.05, 0.1) is 6.33 Å². The summed E-state index contributed by atoms with van der Waals surface area (Å²) in [6.45, 7) is 3.09. The number of aromatic nitrogens is 2. The molecule has 2 aliphatic carbocycles. The number of hydrogen-bond acceptors (Lipinski definition) is 2. The quantitative estimate of drug-likeness (QED) is 0.867. The Morgan fingerprint density at radius 3 is 3.00 bits per heavy atom. The van der Waals surface area contributed by atoms with Crippen LogP contribution in [0, 0.1) is 17.8 Å². The lowest BCUT2D eigenvalue weighted by molar-refractivity contribution is 0.239. The first-order valence-corrected chi connectivity index (χ1v) is 7.00. The van der Waals surface area contributed by atoms with Crippen molar-refractivity contribution in [2.24, 2.45) is 23.5 Å². The Hall–Kier alpha value is -0.830. The Labute approximate surface area is 103 Å². The van der Waals surface area contributed by atoms with Crippen LogP contribution in [0.25, 0.3) is 0 Å². The number of nitrogens with zero attached hydrogens (tertiary/aromatic N) is 2. The van der Waals surface area contributed by atoms with E-state index in [-0.39, 0.29) is 0 Å². The summed E-state index contributed by atoms with van der Waals surface area (Å²) < 4.78 is 2.37. The Bertz CT molecular complexity index is 385. The highest BCUT2D eigenvalue weighted by Gasteiger charge is 2.42. The van der Waals surface area contributed by atoms with Gasteiger partial charge in [-0.25, -0.2) is 4.98 Å². The van der Waals surface area contributed by atoms with Crippen molar-refractivity contribution >= 4 is 0 Å². The molecule has 1 aromatic rings. The molecule has 3 nitrogen and oxygen atoms in total. The minimum atomic E-state index is 0.606. The molecule has 2 aliphatic rings. The molecule has 0 spiro atoms. The number of rotatable bonds is 4. The van der Waals surface area contributed by atoms with E-state index in [0.717, 1.165) is 30.7 Å². The lowest BCUT2D eigenvalue weighted by Gasteiger charge is -2.29. The molecule has 4 atom stereocenters. The van der Waals surface area contributed by atoms with Gasteiger partial charge in [-0.3, -0.25) is 0 Å². The highest BCUT2D eigenvalue weighted by atomic mass is 15.1. The third-order valence-corrected chi connectivity index (χ3v) is 5.00.